The van der Waals surface area contributed by atoms with Gasteiger partial charge in [0.1, 0.15) is 28.6 Å². The number of furan rings is 1. The van der Waals surface area contributed by atoms with Gasteiger partial charge in [0.15, 0.2) is 5.82 Å². The Balaban J connectivity index is 1.03. The molecule has 15 aromatic rings. The Bertz CT molecular complexity index is 5720. The molecule has 0 radical (unpaired) electrons. The smallest absolute Gasteiger partial charge is 0.153 e. The quantitative estimate of drug-likeness (QED) is 0.127. The number of para-hydroxylation sites is 1. The van der Waals surface area contributed by atoms with Gasteiger partial charge in [0.25, 0.3) is 0 Å². The van der Waals surface area contributed by atoms with Crippen molar-refractivity contribution in [2.45, 2.75) is 77.0 Å². The van der Waals surface area contributed by atoms with E-state index < -0.39 is 34.1 Å². The summed E-state index contributed by atoms with van der Waals surface area (Å²) in [7, 11) is 0. The number of hydrogen-bond acceptors (Lipinski definition) is 3. The molecular weight excluding hydrogens is 1230 g/mol. The van der Waals surface area contributed by atoms with E-state index in [-0.39, 0.29) is 22.1 Å². The fourth-order valence-corrected chi connectivity index (χ4v) is 16.3. The van der Waals surface area contributed by atoms with Gasteiger partial charge in [0.05, 0.1) is 22.2 Å². The minimum Gasteiger partial charge on any atom is -0.455 e. The van der Waals surface area contributed by atoms with Crippen LogP contribution >= 0.6 is 0 Å². The van der Waals surface area contributed by atoms with Crippen molar-refractivity contribution in [2.24, 2.45) is 0 Å². The van der Waals surface area contributed by atoms with E-state index >= 15 is 17.6 Å². The molecule has 14 aromatic carbocycles. The molecule has 0 N–H and O–H groups in total. The second-order valence-corrected chi connectivity index (χ2v) is 29.3. The first-order valence-electron chi connectivity index (χ1n) is 34.0. The number of fused-ring (bicyclic) bond motifs is 13. The predicted molar refractivity (Wildman–Crippen MR) is 401 cm³/mol. The normalized spacial score (nSPS) is 13.6. The average Bonchev–Trinajstić information content (AvgIpc) is 0.819. The van der Waals surface area contributed by atoms with Crippen molar-refractivity contribution in [1.29, 1.82) is 0 Å². The molecule has 1 aromatic heterocycles. The molecule has 0 spiro atoms. The maximum atomic E-state index is 21.6. The second-order valence-electron chi connectivity index (χ2n) is 29.3. The van der Waals surface area contributed by atoms with E-state index in [0.717, 1.165) is 77.1 Å². The first-order chi connectivity index (χ1) is 47.8. The summed E-state index contributed by atoms with van der Waals surface area (Å²) in [5.74, 6) is -2.20. The largest absolute Gasteiger partial charge is 0.455 e. The molecule has 0 bridgehead atoms. The maximum Gasteiger partial charge on any atom is 0.153 e. The number of rotatable bonds is 10. The Kier molecular flexibility index (Phi) is 14.0. The van der Waals surface area contributed by atoms with Crippen molar-refractivity contribution >= 4 is 77.6 Å². The lowest BCUT2D eigenvalue weighted by Crippen LogP contribution is -2.31. The molecule has 0 saturated carbocycles. The average molecular weight is 1300 g/mol. The van der Waals surface area contributed by atoms with E-state index in [4.69, 9.17) is 4.42 Å². The van der Waals surface area contributed by atoms with Crippen LogP contribution in [0, 0.1) is 23.3 Å². The zero-order valence-corrected chi connectivity index (χ0v) is 56.4. The van der Waals surface area contributed by atoms with Crippen LogP contribution in [0.3, 0.4) is 0 Å². The summed E-state index contributed by atoms with van der Waals surface area (Å²) in [5.41, 5.74) is 13.0. The van der Waals surface area contributed by atoms with Crippen molar-refractivity contribution < 1.29 is 22.0 Å². The monoisotopic (exact) mass is 1290 g/mol. The van der Waals surface area contributed by atoms with E-state index in [1.807, 2.05) is 71.6 Å². The van der Waals surface area contributed by atoms with Crippen molar-refractivity contribution in [2.75, 3.05) is 9.80 Å². The lowest BCUT2D eigenvalue weighted by molar-refractivity contribution is 0.576. The van der Waals surface area contributed by atoms with Crippen LogP contribution in [-0.2, 0) is 21.7 Å². The van der Waals surface area contributed by atoms with Gasteiger partial charge in [0, 0.05) is 50.2 Å². The van der Waals surface area contributed by atoms with E-state index in [0.29, 0.717) is 78.3 Å². The van der Waals surface area contributed by atoms with Gasteiger partial charge in [0.2, 0.25) is 0 Å². The predicted octanol–water partition coefficient (Wildman–Crippen LogP) is 26.0. The molecular formula is C92H70F4N2O. The Hall–Kier alpha value is -11.3. The van der Waals surface area contributed by atoms with E-state index in [1.165, 1.54) is 30.3 Å². The number of halogens is 4. The third-order valence-corrected chi connectivity index (χ3v) is 21.0. The van der Waals surface area contributed by atoms with Gasteiger partial charge in [-0.15, -0.1) is 0 Å². The topological polar surface area (TPSA) is 19.6 Å². The number of benzene rings is 14. The molecule has 0 amide bonds. The van der Waals surface area contributed by atoms with E-state index in [2.05, 4.69) is 218 Å². The zero-order chi connectivity index (χ0) is 68.0. The van der Waals surface area contributed by atoms with Crippen LogP contribution < -0.4 is 9.80 Å². The molecule has 0 aliphatic heterocycles. The van der Waals surface area contributed by atoms with Crippen LogP contribution in [-0.4, -0.2) is 0 Å². The Morgan fingerprint density at radius 1 is 0.364 bits per heavy atom. The molecule has 17 rings (SSSR count). The van der Waals surface area contributed by atoms with Gasteiger partial charge in [-0.1, -0.05) is 237 Å². The highest BCUT2D eigenvalue weighted by Crippen LogP contribution is 2.69. The minimum absolute atomic E-state index is 0.173. The van der Waals surface area contributed by atoms with Gasteiger partial charge >= 0.3 is 0 Å². The van der Waals surface area contributed by atoms with Crippen molar-refractivity contribution in [3.8, 4) is 44.5 Å². The van der Waals surface area contributed by atoms with Crippen LogP contribution in [0.1, 0.15) is 99.9 Å². The molecule has 0 atom stereocenters. The number of anilines is 6. The summed E-state index contributed by atoms with van der Waals surface area (Å²) >= 11 is 0. The van der Waals surface area contributed by atoms with Gasteiger partial charge in [-0.25, -0.2) is 17.6 Å². The Morgan fingerprint density at radius 3 is 1.33 bits per heavy atom. The maximum absolute atomic E-state index is 21.6. The zero-order valence-electron chi connectivity index (χ0n) is 56.4. The van der Waals surface area contributed by atoms with Crippen molar-refractivity contribution in [3.05, 3.63) is 347 Å². The van der Waals surface area contributed by atoms with Crippen LogP contribution in [0.2, 0.25) is 0 Å². The molecule has 0 saturated heterocycles. The first kappa shape index (κ1) is 61.3. The molecule has 482 valence electrons. The number of hydrogen-bond donors (Lipinski definition) is 0. The molecule has 0 fully saturated rings. The summed E-state index contributed by atoms with van der Waals surface area (Å²) in [6.45, 7) is 17.3. The highest BCUT2D eigenvalue weighted by Gasteiger charge is 2.56. The van der Waals surface area contributed by atoms with E-state index in [9.17, 15) is 0 Å². The summed E-state index contributed by atoms with van der Waals surface area (Å²) in [6.07, 6.45) is 0. The van der Waals surface area contributed by atoms with Gasteiger partial charge in [-0.05, 0) is 202 Å². The third kappa shape index (κ3) is 9.59. The lowest BCUT2D eigenvalue weighted by atomic mass is 9.66. The summed E-state index contributed by atoms with van der Waals surface area (Å²) < 4.78 is 80.0. The molecule has 2 aliphatic carbocycles. The Labute approximate surface area is 574 Å². The number of nitrogens with zero attached hydrogens (tertiary/aromatic N) is 2. The third-order valence-electron chi connectivity index (χ3n) is 21.0. The van der Waals surface area contributed by atoms with E-state index in [1.54, 1.807) is 24.3 Å². The SMILES string of the molecule is CC(C)(C)c1ccc(N(c2ccc(-c3cccc4ccccc34)cc2)c2c(F)c3c(c4c2-c2ccc(F)cc2C4(C)C)-c2c(cc(N(c4ccc(-c5cccc6ccccc56)cc4)c4ccc(C(C)(C)C)cc4)c4c2oc2ccccc24)C3(c2cccc(F)c2)c2cccc(F)c2)cc1. The fourth-order valence-electron chi connectivity index (χ4n) is 16.3. The first-order valence-corrected chi connectivity index (χ1v) is 34.0. The van der Waals surface area contributed by atoms with Crippen LogP contribution in [0.4, 0.5) is 51.7 Å². The fraction of sp³-hybridized carbons (Fsp3) is 0.130. The molecule has 7 heteroatoms. The minimum atomic E-state index is -1.86. The lowest BCUT2D eigenvalue weighted by Gasteiger charge is -2.37. The highest BCUT2D eigenvalue weighted by molar-refractivity contribution is 6.21. The standard InChI is InChI=1S/C92H70F4N2O/c1-89(2,3)59-37-46-67(47-38-59)97(66-42-33-57(34-43-66)72-30-15-21-55-19-9-11-27-70(55)72)78-54-77-82(88-80(78)75-29-13-14-32-79(75)99-88)83-84-81(74-50-41-65(95)53-76(74)91(84,7)8)87(86(96)85(83)92(77,61-23-17-25-63(93)51-61)62-24-18-26-64(94)52-62)98(69-48-39-60(40-49-69)90(4,5)6)68-44-35-58(36-45-68)73-31-16-22-56-20-10-12-28-71(56)73/h9-54H,1-8H3. The van der Waals surface area contributed by atoms with Crippen LogP contribution in [0.5, 0.6) is 0 Å². The Morgan fingerprint density at radius 2 is 0.818 bits per heavy atom. The van der Waals surface area contributed by atoms with Gasteiger partial charge < -0.3 is 14.2 Å². The van der Waals surface area contributed by atoms with Crippen LogP contribution in [0.25, 0.3) is 88.0 Å². The summed E-state index contributed by atoms with van der Waals surface area (Å²) in [6, 6.07) is 90.9. The molecule has 0 unspecified atom stereocenters. The highest BCUT2D eigenvalue weighted by atomic mass is 19.1. The molecule has 1 heterocycles. The summed E-state index contributed by atoms with van der Waals surface area (Å²) in [5, 5.41) is 6.02. The molecule has 3 nitrogen and oxygen atoms in total. The van der Waals surface area contributed by atoms with Gasteiger partial charge in [-0.2, -0.15) is 0 Å². The van der Waals surface area contributed by atoms with Gasteiger partial charge in [-0.3, -0.25) is 0 Å². The summed E-state index contributed by atoms with van der Waals surface area (Å²) in [4.78, 5) is 4.24. The van der Waals surface area contributed by atoms with Crippen molar-refractivity contribution in [1.82, 2.24) is 0 Å². The second kappa shape index (κ2) is 22.7. The van der Waals surface area contributed by atoms with Crippen LogP contribution in [0.15, 0.2) is 283 Å². The van der Waals surface area contributed by atoms with Crippen molar-refractivity contribution in [3.63, 3.8) is 0 Å². The molecule has 2 aliphatic rings. The molecule has 99 heavy (non-hydrogen) atoms.